The summed E-state index contributed by atoms with van der Waals surface area (Å²) in [4.78, 5) is 14.4. The molecule has 0 saturated carbocycles. The molecular weight excluding hydrogens is 234 g/mol. The van der Waals surface area contributed by atoms with Gasteiger partial charge in [-0.3, -0.25) is 4.79 Å². The number of carboxylic acids is 1. The Morgan fingerprint density at radius 3 is 2.88 bits per heavy atom. The van der Waals surface area contributed by atoms with Crippen molar-refractivity contribution in [3.05, 3.63) is 23.5 Å². The molecule has 0 amide bonds. The summed E-state index contributed by atoms with van der Waals surface area (Å²) < 4.78 is 18.6. The second-order valence-electron chi connectivity index (χ2n) is 3.57. The van der Waals surface area contributed by atoms with E-state index in [1.165, 1.54) is 6.07 Å². The van der Waals surface area contributed by atoms with E-state index in [1.807, 2.05) is 0 Å². The molecule has 8 heteroatoms. The van der Waals surface area contributed by atoms with Crippen LogP contribution in [0.4, 0.5) is 4.39 Å². The van der Waals surface area contributed by atoms with Gasteiger partial charge in [0.15, 0.2) is 5.75 Å². The van der Waals surface area contributed by atoms with Crippen LogP contribution in [-0.4, -0.2) is 28.5 Å². The van der Waals surface area contributed by atoms with E-state index in [2.05, 4.69) is 4.89 Å². The molecule has 3 N–H and O–H groups in total. The number of hydrogen-bond acceptors (Lipinski definition) is 5. The standard InChI is InChI=1S/C9H8BFO6/c11-6-2-4(17-15)1-5-9(6)7(3-8(12)13)16-10(5)14/h1-2,7,14-15H,3H2,(H,12,13). The predicted molar refractivity (Wildman–Crippen MR) is 53.3 cm³/mol. The topological polar surface area (TPSA) is 96.2 Å². The molecule has 0 fully saturated rings. The van der Waals surface area contributed by atoms with Crippen molar-refractivity contribution in [2.75, 3.05) is 0 Å². The number of carbonyl (C=O) groups is 1. The molecule has 6 nitrogen and oxygen atoms in total. The van der Waals surface area contributed by atoms with Crippen LogP contribution in [0.1, 0.15) is 18.1 Å². The third kappa shape index (κ3) is 2.10. The Kier molecular flexibility index (Phi) is 3.01. The number of fused-ring (bicyclic) bond motifs is 1. The minimum atomic E-state index is -1.43. The van der Waals surface area contributed by atoms with Crippen LogP contribution in [0.2, 0.25) is 0 Å². The van der Waals surface area contributed by atoms with Crippen molar-refractivity contribution in [3.63, 3.8) is 0 Å². The summed E-state index contributed by atoms with van der Waals surface area (Å²) in [5.41, 5.74) is 0.0287. The van der Waals surface area contributed by atoms with Crippen LogP contribution >= 0.6 is 0 Å². The first-order valence-electron chi connectivity index (χ1n) is 4.73. The normalized spacial score (nSPS) is 18.1. The highest BCUT2D eigenvalue weighted by atomic mass is 19.1. The lowest BCUT2D eigenvalue weighted by molar-refractivity contribution is -0.139. The molecule has 1 atom stereocenters. The molecule has 90 valence electrons. The summed E-state index contributed by atoms with van der Waals surface area (Å²) in [6.07, 6.45) is -1.51. The third-order valence-corrected chi connectivity index (χ3v) is 2.48. The summed E-state index contributed by atoms with van der Waals surface area (Å²) in [6.45, 7) is 0. The Morgan fingerprint density at radius 2 is 2.29 bits per heavy atom. The lowest BCUT2D eigenvalue weighted by Crippen LogP contribution is -2.28. The van der Waals surface area contributed by atoms with Crippen LogP contribution in [-0.2, 0) is 9.45 Å². The van der Waals surface area contributed by atoms with Crippen LogP contribution in [0.25, 0.3) is 0 Å². The smallest absolute Gasteiger partial charge is 0.481 e. The number of carboxylic acid groups (broad SMARTS) is 1. The zero-order chi connectivity index (χ0) is 12.6. The van der Waals surface area contributed by atoms with Crippen LogP contribution in [0.3, 0.4) is 0 Å². The van der Waals surface area contributed by atoms with Gasteiger partial charge in [0.2, 0.25) is 0 Å². The van der Waals surface area contributed by atoms with E-state index in [-0.39, 0.29) is 16.8 Å². The summed E-state index contributed by atoms with van der Waals surface area (Å²) in [7, 11) is -1.43. The van der Waals surface area contributed by atoms with Gasteiger partial charge in [-0.25, -0.2) is 9.65 Å². The number of aliphatic carboxylic acids is 1. The maximum atomic E-state index is 13.6. The molecule has 0 radical (unpaired) electrons. The lowest BCUT2D eigenvalue weighted by Gasteiger charge is -2.10. The zero-order valence-electron chi connectivity index (χ0n) is 8.46. The highest BCUT2D eigenvalue weighted by Gasteiger charge is 2.39. The van der Waals surface area contributed by atoms with Crippen LogP contribution < -0.4 is 10.4 Å². The number of rotatable bonds is 3. The van der Waals surface area contributed by atoms with Crippen molar-refractivity contribution in [2.45, 2.75) is 12.5 Å². The fraction of sp³-hybridized carbons (Fsp3) is 0.222. The predicted octanol–water partition coefficient (Wildman–Crippen LogP) is -0.0890. The monoisotopic (exact) mass is 242 g/mol. The molecule has 1 aliphatic heterocycles. The Labute approximate surface area is 95.3 Å². The van der Waals surface area contributed by atoms with Gasteiger partial charge in [0, 0.05) is 11.6 Å². The molecule has 0 spiro atoms. The van der Waals surface area contributed by atoms with Gasteiger partial charge in [-0.2, -0.15) is 0 Å². The van der Waals surface area contributed by atoms with E-state index in [9.17, 15) is 14.2 Å². The maximum Gasteiger partial charge on any atom is 0.492 e. The second-order valence-corrected chi connectivity index (χ2v) is 3.57. The van der Waals surface area contributed by atoms with Crippen molar-refractivity contribution < 1.29 is 34.1 Å². The zero-order valence-corrected chi connectivity index (χ0v) is 8.46. The molecule has 0 aromatic heterocycles. The van der Waals surface area contributed by atoms with E-state index in [4.69, 9.17) is 15.0 Å². The van der Waals surface area contributed by atoms with E-state index in [0.717, 1.165) is 6.07 Å². The first-order chi connectivity index (χ1) is 8.02. The fourth-order valence-corrected chi connectivity index (χ4v) is 1.82. The Bertz CT molecular complexity index is 465. The van der Waals surface area contributed by atoms with Crippen molar-refractivity contribution in [1.29, 1.82) is 0 Å². The van der Waals surface area contributed by atoms with Crippen LogP contribution in [0.5, 0.6) is 5.75 Å². The first-order valence-corrected chi connectivity index (χ1v) is 4.73. The molecule has 1 aromatic rings. The summed E-state index contributed by atoms with van der Waals surface area (Å²) in [5, 5.41) is 26.5. The molecule has 0 bridgehead atoms. The number of hydrogen-bond donors (Lipinski definition) is 3. The maximum absolute atomic E-state index is 13.6. The van der Waals surface area contributed by atoms with E-state index in [0.29, 0.717) is 0 Å². The lowest BCUT2D eigenvalue weighted by atomic mass is 9.79. The van der Waals surface area contributed by atoms with Gasteiger partial charge in [0.1, 0.15) is 5.82 Å². The van der Waals surface area contributed by atoms with Gasteiger partial charge in [-0.05, 0) is 11.5 Å². The highest BCUT2D eigenvalue weighted by Crippen LogP contribution is 2.31. The summed E-state index contributed by atoms with van der Waals surface area (Å²) >= 11 is 0. The van der Waals surface area contributed by atoms with Gasteiger partial charge in [-0.15, -0.1) is 0 Å². The molecule has 0 saturated heterocycles. The molecule has 17 heavy (non-hydrogen) atoms. The molecule has 1 heterocycles. The van der Waals surface area contributed by atoms with Crippen molar-refractivity contribution in [2.24, 2.45) is 0 Å². The Morgan fingerprint density at radius 1 is 1.59 bits per heavy atom. The van der Waals surface area contributed by atoms with E-state index >= 15 is 0 Å². The van der Waals surface area contributed by atoms with E-state index in [1.54, 1.807) is 0 Å². The van der Waals surface area contributed by atoms with Crippen LogP contribution in [0, 0.1) is 5.82 Å². The number of benzene rings is 1. The van der Waals surface area contributed by atoms with Crippen molar-refractivity contribution >= 4 is 18.6 Å². The molecule has 2 rings (SSSR count). The highest BCUT2D eigenvalue weighted by molar-refractivity contribution is 6.61. The molecule has 1 aliphatic rings. The van der Waals surface area contributed by atoms with Crippen molar-refractivity contribution in [3.8, 4) is 5.75 Å². The van der Waals surface area contributed by atoms with Gasteiger partial charge in [0.25, 0.3) is 0 Å². The first kappa shape index (κ1) is 11.8. The Hall–Kier alpha value is -1.64. The molecular formula is C9H8BFO6. The second kappa shape index (κ2) is 4.32. The summed E-state index contributed by atoms with van der Waals surface area (Å²) in [5.74, 6) is -2.16. The number of halogens is 1. The van der Waals surface area contributed by atoms with Gasteiger partial charge < -0.3 is 19.7 Å². The third-order valence-electron chi connectivity index (χ3n) is 2.48. The van der Waals surface area contributed by atoms with Gasteiger partial charge in [0.05, 0.1) is 12.5 Å². The van der Waals surface area contributed by atoms with E-state index < -0.39 is 31.4 Å². The van der Waals surface area contributed by atoms with Crippen LogP contribution in [0.15, 0.2) is 12.1 Å². The summed E-state index contributed by atoms with van der Waals surface area (Å²) in [6, 6.07) is 2.07. The molecule has 1 aromatic carbocycles. The average Bonchev–Trinajstić information content (AvgIpc) is 2.55. The minimum Gasteiger partial charge on any atom is -0.481 e. The van der Waals surface area contributed by atoms with Crippen molar-refractivity contribution in [1.82, 2.24) is 0 Å². The van der Waals surface area contributed by atoms with Gasteiger partial charge >= 0.3 is 13.1 Å². The van der Waals surface area contributed by atoms with Gasteiger partial charge in [-0.1, -0.05) is 0 Å². The molecule has 0 aliphatic carbocycles. The Balaban J connectivity index is 2.43. The minimum absolute atomic E-state index is 0.0271. The quantitative estimate of drug-likeness (QED) is 0.389. The largest absolute Gasteiger partial charge is 0.492 e. The SMILES string of the molecule is O=C(O)CC1OB(O)c2cc(OO)cc(F)c21. The average molecular weight is 242 g/mol. The molecule has 1 unspecified atom stereocenters. The fourth-order valence-electron chi connectivity index (χ4n) is 1.82.